The molecule has 0 aromatic rings. The zero-order valence-corrected chi connectivity index (χ0v) is 4.90. The molecule has 1 atom stereocenters. The molecule has 0 bridgehead atoms. The maximum absolute atomic E-state index is 10.4. The van der Waals surface area contributed by atoms with Gasteiger partial charge in [0, 0.05) is 5.76 Å². The topological polar surface area (TPSA) is 89.8 Å². The van der Waals surface area contributed by atoms with E-state index in [1.165, 1.54) is 0 Å². The molecular formula is C5H5O5-. The summed E-state index contributed by atoms with van der Waals surface area (Å²) in [5.74, 6) is -2.90. The van der Waals surface area contributed by atoms with Gasteiger partial charge in [-0.2, -0.15) is 0 Å². The summed E-state index contributed by atoms with van der Waals surface area (Å²) in [5.41, 5.74) is 0. The normalized spacial score (nSPS) is 25.3. The Bertz CT molecular complexity index is 194. The van der Waals surface area contributed by atoms with E-state index in [2.05, 4.69) is 4.74 Å². The predicted molar refractivity (Wildman–Crippen MR) is 26.6 cm³/mol. The first-order chi connectivity index (χ1) is 4.66. The van der Waals surface area contributed by atoms with Gasteiger partial charge in [0.05, 0.1) is 6.61 Å². The standard InChI is InChI=1S/C5H6O5/c6-1-2-3(7)4(8)5(9)10-2/h2,6-8H,1H2/p-1/t2-/m0/s1. The van der Waals surface area contributed by atoms with Gasteiger partial charge in [-0.1, -0.05) is 0 Å². The van der Waals surface area contributed by atoms with Gasteiger partial charge in [-0.05, 0) is 0 Å². The van der Waals surface area contributed by atoms with Crippen molar-refractivity contribution in [2.75, 3.05) is 6.61 Å². The Morgan fingerprint density at radius 3 is 2.50 bits per heavy atom. The second-order valence-electron chi connectivity index (χ2n) is 1.79. The Morgan fingerprint density at radius 1 is 1.70 bits per heavy atom. The van der Waals surface area contributed by atoms with Crippen molar-refractivity contribution in [2.24, 2.45) is 0 Å². The minimum Gasteiger partial charge on any atom is -0.865 e. The molecule has 0 aromatic carbocycles. The van der Waals surface area contributed by atoms with Gasteiger partial charge in [-0.15, -0.1) is 0 Å². The van der Waals surface area contributed by atoms with Gasteiger partial charge in [0.25, 0.3) is 0 Å². The number of hydrogen-bond donors (Lipinski definition) is 2. The summed E-state index contributed by atoms with van der Waals surface area (Å²) >= 11 is 0. The molecule has 0 aromatic heterocycles. The molecule has 1 rings (SSSR count). The SMILES string of the molecule is O=C1O[C@@H](CO)C(O)=C1[O-]. The molecule has 5 nitrogen and oxygen atoms in total. The molecule has 0 saturated carbocycles. The Labute approximate surface area is 56.2 Å². The van der Waals surface area contributed by atoms with Crippen molar-refractivity contribution in [3.05, 3.63) is 11.5 Å². The van der Waals surface area contributed by atoms with E-state index in [9.17, 15) is 9.90 Å². The molecule has 5 heteroatoms. The minimum atomic E-state index is -1.15. The average molecular weight is 145 g/mol. The average Bonchev–Trinajstić information content (AvgIpc) is 2.17. The molecule has 0 fully saturated rings. The molecule has 0 radical (unpaired) electrons. The van der Waals surface area contributed by atoms with E-state index in [0.717, 1.165) is 0 Å². The molecule has 0 amide bonds. The van der Waals surface area contributed by atoms with Crippen LogP contribution in [0.1, 0.15) is 0 Å². The van der Waals surface area contributed by atoms with Crippen LogP contribution in [0.5, 0.6) is 0 Å². The molecule has 2 N–H and O–H groups in total. The van der Waals surface area contributed by atoms with Crippen molar-refractivity contribution < 1.29 is 24.9 Å². The van der Waals surface area contributed by atoms with E-state index >= 15 is 0 Å². The zero-order valence-electron chi connectivity index (χ0n) is 4.90. The van der Waals surface area contributed by atoms with Gasteiger partial charge in [0.2, 0.25) is 0 Å². The number of rotatable bonds is 1. The van der Waals surface area contributed by atoms with Crippen LogP contribution in [-0.2, 0) is 9.53 Å². The van der Waals surface area contributed by atoms with Crippen molar-refractivity contribution in [2.45, 2.75) is 6.10 Å². The van der Waals surface area contributed by atoms with E-state index < -0.39 is 30.2 Å². The maximum atomic E-state index is 10.4. The molecule has 10 heavy (non-hydrogen) atoms. The highest BCUT2D eigenvalue weighted by atomic mass is 16.6. The van der Waals surface area contributed by atoms with Crippen LogP contribution in [0, 0.1) is 0 Å². The van der Waals surface area contributed by atoms with Crippen LogP contribution in [0.4, 0.5) is 0 Å². The fourth-order valence-electron chi connectivity index (χ4n) is 0.613. The van der Waals surface area contributed by atoms with Crippen LogP contribution < -0.4 is 5.11 Å². The number of ether oxygens (including phenoxy) is 1. The fourth-order valence-corrected chi connectivity index (χ4v) is 0.613. The lowest BCUT2D eigenvalue weighted by Gasteiger charge is -2.04. The third-order valence-electron chi connectivity index (χ3n) is 1.14. The third-order valence-corrected chi connectivity index (χ3v) is 1.14. The molecule has 0 saturated heterocycles. The number of aliphatic hydroxyl groups excluding tert-OH is 2. The number of carbonyl (C=O) groups excluding carboxylic acids is 1. The first kappa shape index (κ1) is 6.88. The minimum absolute atomic E-state index is 0.566. The number of esters is 1. The lowest BCUT2D eigenvalue weighted by Crippen LogP contribution is -2.15. The quantitative estimate of drug-likeness (QED) is 0.418. The van der Waals surface area contributed by atoms with Crippen LogP contribution in [0.3, 0.4) is 0 Å². The first-order valence-electron chi connectivity index (χ1n) is 2.58. The first-order valence-corrected chi connectivity index (χ1v) is 2.58. The highest BCUT2D eigenvalue weighted by Gasteiger charge is 2.27. The summed E-state index contributed by atoms with van der Waals surface area (Å²) in [5, 5.41) is 27.5. The Balaban J connectivity index is 2.83. The van der Waals surface area contributed by atoms with Crippen LogP contribution in [0.15, 0.2) is 11.5 Å². The molecule has 56 valence electrons. The molecule has 1 heterocycles. The van der Waals surface area contributed by atoms with Crippen molar-refractivity contribution >= 4 is 5.97 Å². The van der Waals surface area contributed by atoms with Crippen LogP contribution >= 0.6 is 0 Å². The summed E-state index contributed by atoms with van der Waals surface area (Å²) in [6.45, 7) is -0.566. The Morgan fingerprint density at radius 2 is 2.30 bits per heavy atom. The van der Waals surface area contributed by atoms with Crippen molar-refractivity contribution in [3.8, 4) is 0 Å². The molecular weight excluding hydrogens is 140 g/mol. The second-order valence-corrected chi connectivity index (χ2v) is 1.79. The summed E-state index contributed by atoms with van der Waals surface area (Å²) in [6, 6.07) is 0. The number of carbonyl (C=O) groups is 1. The molecule has 0 spiro atoms. The van der Waals surface area contributed by atoms with Crippen LogP contribution in [-0.4, -0.2) is 28.9 Å². The van der Waals surface area contributed by atoms with E-state index in [1.807, 2.05) is 0 Å². The number of cyclic esters (lactones) is 1. The van der Waals surface area contributed by atoms with Gasteiger partial charge in [0.15, 0.2) is 6.10 Å². The van der Waals surface area contributed by atoms with Gasteiger partial charge in [-0.25, -0.2) is 4.79 Å². The predicted octanol–water partition coefficient (Wildman–Crippen LogP) is -1.97. The summed E-state index contributed by atoms with van der Waals surface area (Å²) < 4.78 is 4.21. The Kier molecular flexibility index (Phi) is 1.50. The van der Waals surface area contributed by atoms with Gasteiger partial charge in [0.1, 0.15) is 5.76 Å². The third kappa shape index (κ3) is 0.801. The van der Waals surface area contributed by atoms with Crippen molar-refractivity contribution in [1.29, 1.82) is 0 Å². The van der Waals surface area contributed by atoms with E-state index in [1.54, 1.807) is 0 Å². The lowest BCUT2D eigenvalue weighted by molar-refractivity contribution is -0.303. The number of hydrogen-bond acceptors (Lipinski definition) is 5. The molecule has 1 aliphatic heterocycles. The largest absolute Gasteiger partial charge is 0.865 e. The highest BCUT2D eigenvalue weighted by molar-refractivity contribution is 5.88. The molecule has 1 aliphatic rings. The van der Waals surface area contributed by atoms with Gasteiger partial charge in [-0.3, -0.25) is 0 Å². The smallest absolute Gasteiger partial charge is 0.327 e. The van der Waals surface area contributed by atoms with Crippen LogP contribution in [0.2, 0.25) is 0 Å². The lowest BCUT2D eigenvalue weighted by atomic mass is 10.3. The number of aliphatic hydroxyl groups is 2. The van der Waals surface area contributed by atoms with E-state index in [4.69, 9.17) is 10.2 Å². The maximum Gasteiger partial charge on any atom is 0.327 e. The second kappa shape index (κ2) is 2.18. The summed E-state index contributed by atoms with van der Waals surface area (Å²) in [4.78, 5) is 10.3. The van der Waals surface area contributed by atoms with E-state index in [-0.39, 0.29) is 0 Å². The van der Waals surface area contributed by atoms with Crippen molar-refractivity contribution in [3.63, 3.8) is 0 Å². The van der Waals surface area contributed by atoms with Crippen molar-refractivity contribution in [1.82, 2.24) is 0 Å². The summed E-state index contributed by atoms with van der Waals surface area (Å²) in [7, 11) is 0. The van der Waals surface area contributed by atoms with Gasteiger partial charge >= 0.3 is 5.97 Å². The van der Waals surface area contributed by atoms with Crippen LogP contribution in [0.25, 0.3) is 0 Å². The fraction of sp³-hybridized carbons (Fsp3) is 0.400. The molecule has 0 unspecified atom stereocenters. The monoisotopic (exact) mass is 145 g/mol. The van der Waals surface area contributed by atoms with Gasteiger partial charge < -0.3 is 20.1 Å². The molecule has 0 aliphatic carbocycles. The highest BCUT2D eigenvalue weighted by Crippen LogP contribution is 2.15. The zero-order chi connectivity index (χ0) is 7.72. The van der Waals surface area contributed by atoms with E-state index in [0.29, 0.717) is 0 Å². The Hall–Kier alpha value is -1.23. The summed E-state index contributed by atoms with van der Waals surface area (Å²) in [6.07, 6.45) is -1.15.